The topological polar surface area (TPSA) is 102 Å². The quantitative estimate of drug-likeness (QED) is 0.170. The summed E-state index contributed by atoms with van der Waals surface area (Å²) in [4.78, 5) is 15.5. The van der Waals surface area contributed by atoms with Crippen molar-refractivity contribution < 1.29 is 24.1 Å². The summed E-state index contributed by atoms with van der Waals surface area (Å²) in [5.41, 5.74) is 3.13. The number of benzene rings is 2. The zero-order chi connectivity index (χ0) is 27.0. The van der Waals surface area contributed by atoms with Crippen LogP contribution in [0.1, 0.15) is 60.9 Å². The zero-order valence-corrected chi connectivity index (χ0v) is 21.8. The Morgan fingerprint density at radius 1 is 0.947 bits per heavy atom. The molecule has 3 rings (SSSR count). The van der Waals surface area contributed by atoms with Gasteiger partial charge in [-0.25, -0.2) is 9.78 Å². The molecule has 0 unspecified atom stereocenters. The molecule has 0 spiro atoms. The summed E-state index contributed by atoms with van der Waals surface area (Å²) in [6, 6.07) is 20.9. The van der Waals surface area contributed by atoms with Gasteiger partial charge in [0.25, 0.3) is 0 Å². The number of ether oxygens (including phenoxy) is 3. The van der Waals surface area contributed by atoms with Crippen LogP contribution in [0.4, 0.5) is 0 Å². The van der Waals surface area contributed by atoms with E-state index in [0.717, 1.165) is 43.1 Å². The molecule has 0 bridgehead atoms. The Labute approximate surface area is 224 Å². The number of hydrogen-bond donors (Lipinski definition) is 1. The van der Waals surface area contributed by atoms with E-state index in [0.29, 0.717) is 29.5 Å². The maximum Gasteiger partial charge on any atom is 0.328 e. The molecule has 0 radical (unpaired) electrons. The van der Waals surface area contributed by atoms with Crippen LogP contribution in [0.5, 0.6) is 17.4 Å². The first-order valence-corrected chi connectivity index (χ1v) is 12.9. The van der Waals surface area contributed by atoms with Crippen molar-refractivity contribution in [1.82, 2.24) is 4.98 Å². The third kappa shape index (κ3) is 9.98. The van der Waals surface area contributed by atoms with E-state index < -0.39 is 5.97 Å². The summed E-state index contributed by atoms with van der Waals surface area (Å²) >= 11 is 0. The molecular weight excluding hydrogens is 480 g/mol. The van der Waals surface area contributed by atoms with Crippen LogP contribution in [0.15, 0.2) is 66.7 Å². The summed E-state index contributed by atoms with van der Waals surface area (Å²) in [5.74, 6) is 0.685. The Bertz CT molecular complexity index is 1230. The van der Waals surface area contributed by atoms with Gasteiger partial charge >= 0.3 is 5.97 Å². The highest BCUT2D eigenvalue weighted by molar-refractivity contribution is 5.85. The molecule has 1 heterocycles. The molecule has 38 heavy (non-hydrogen) atoms. The third-order valence-electron chi connectivity index (χ3n) is 5.96. The maximum atomic E-state index is 11.0. The number of carbonyl (C=O) groups is 1. The summed E-state index contributed by atoms with van der Waals surface area (Å²) in [6.45, 7) is 0.771. The number of methoxy groups -OCH3 is 1. The number of carboxylic acids is 1. The van der Waals surface area contributed by atoms with Gasteiger partial charge in [-0.3, -0.25) is 0 Å². The van der Waals surface area contributed by atoms with E-state index in [1.807, 2.05) is 18.2 Å². The Morgan fingerprint density at radius 3 is 2.45 bits per heavy atom. The molecule has 0 fully saturated rings. The number of hydrogen-bond acceptors (Lipinski definition) is 6. The van der Waals surface area contributed by atoms with Crippen molar-refractivity contribution in [3.05, 3.63) is 89.1 Å². The zero-order valence-electron chi connectivity index (χ0n) is 21.8. The number of rotatable bonds is 16. The van der Waals surface area contributed by atoms with E-state index >= 15 is 0 Å². The first-order chi connectivity index (χ1) is 18.6. The first-order valence-electron chi connectivity index (χ1n) is 12.9. The smallest absolute Gasteiger partial charge is 0.328 e. The van der Waals surface area contributed by atoms with Crippen LogP contribution in [0.2, 0.25) is 0 Å². The molecule has 0 aliphatic heterocycles. The number of aliphatic carboxylic acids is 1. The number of aromatic nitrogens is 1. The molecule has 7 nitrogen and oxygen atoms in total. The molecule has 3 aromatic rings. The fraction of sp³-hybridized carbons (Fsp3) is 0.323. The number of carboxylic acid groups (broad SMARTS) is 1. The fourth-order valence-corrected chi connectivity index (χ4v) is 3.92. The molecule has 0 aliphatic rings. The van der Waals surface area contributed by atoms with Gasteiger partial charge in [0.05, 0.1) is 25.3 Å². The normalized spacial score (nSPS) is 10.7. The van der Waals surface area contributed by atoms with Crippen LogP contribution in [0.25, 0.3) is 6.08 Å². The maximum absolute atomic E-state index is 11.0. The molecule has 1 aromatic heterocycles. The van der Waals surface area contributed by atoms with Crippen LogP contribution in [-0.4, -0.2) is 29.8 Å². The number of aryl methyl sites for hydroxylation is 1. The van der Waals surface area contributed by atoms with Gasteiger partial charge in [0.1, 0.15) is 23.8 Å². The molecule has 0 aliphatic carbocycles. The lowest BCUT2D eigenvalue weighted by molar-refractivity contribution is -0.131. The minimum Gasteiger partial charge on any atom is -0.497 e. The third-order valence-corrected chi connectivity index (χ3v) is 5.96. The van der Waals surface area contributed by atoms with E-state index in [2.05, 4.69) is 23.2 Å². The van der Waals surface area contributed by atoms with Crippen LogP contribution >= 0.6 is 0 Å². The van der Waals surface area contributed by atoms with Gasteiger partial charge in [-0.2, -0.15) is 5.26 Å². The fourth-order valence-electron chi connectivity index (χ4n) is 3.92. The van der Waals surface area contributed by atoms with Crippen molar-refractivity contribution in [2.24, 2.45) is 0 Å². The average molecular weight is 515 g/mol. The molecular formula is C31H34N2O5. The highest BCUT2D eigenvalue weighted by Crippen LogP contribution is 2.23. The largest absolute Gasteiger partial charge is 0.497 e. The van der Waals surface area contributed by atoms with Crippen molar-refractivity contribution in [3.8, 4) is 23.4 Å². The predicted octanol–water partition coefficient (Wildman–Crippen LogP) is 6.60. The SMILES string of the molecule is COc1ccc(CCCCCCCCOc2ccc(OCc3cccc(C#N)c3)nc2C=CC(=O)O)cc1. The molecule has 0 atom stereocenters. The number of nitriles is 1. The molecule has 0 saturated heterocycles. The van der Waals surface area contributed by atoms with Crippen LogP contribution in [-0.2, 0) is 17.8 Å². The Hall–Kier alpha value is -4.31. The lowest BCUT2D eigenvalue weighted by Gasteiger charge is -2.11. The van der Waals surface area contributed by atoms with Crippen molar-refractivity contribution in [1.29, 1.82) is 5.26 Å². The highest BCUT2D eigenvalue weighted by Gasteiger charge is 2.08. The van der Waals surface area contributed by atoms with Crippen LogP contribution < -0.4 is 14.2 Å². The monoisotopic (exact) mass is 514 g/mol. The Kier molecular flexibility index (Phi) is 11.7. The standard InChI is InChI=1S/C31H34N2O5/c1-36-27-14-12-24(13-15-27)9-6-4-2-3-5-7-20-37-29-17-18-30(33-28(29)16-19-31(34)35)38-23-26-11-8-10-25(21-26)22-32/h8,10-19,21H,2-7,9,20,23H2,1H3,(H,34,35). The lowest BCUT2D eigenvalue weighted by atomic mass is 10.0. The molecule has 7 heteroatoms. The van der Waals surface area contributed by atoms with E-state index in [-0.39, 0.29) is 6.61 Å². The minimum absolute atomic E-state index is 0.241. The van der Waals surface area contributed by atoms with E-state index in [4.69, 9.17) is 24.6 Å². The van der Waals surface area contributed by atoms with Gasteiger partial charge < -0.3 is 19.3 Å². The average Bonchev–Trinajstić information content (AvgIpc) is 2.95. The summed E-state index contributed by atoms with van der Waals surface area (Å²) in [7, 11) is 1.68. The van der Waals surface area contributed by atoms with Gasteiger partial charge in [-0.05, 0) is 66.8 Å². The van der Waals surface area contributed by atoms with E-state index in [9.17, 15) is 4.79 Å². The highest BCUT2D eigenvalue weighted by atomic mass is 16.5. The molecule has 198 valence electrons. The first kappa shape index (κ1) is 28.3. The second-order valence-electron chi connectivity index (χ2n) is 8.87. The number of pyridine rings is 1. The summed E-state index contributed by atoms with van der Waals surface area (Å²) < 4.78 is 16.9. The molecule has 0 amide bonds. The summed E-state index contributed by atoms with van der Waals surface area (Å²) in [5, 5.41) is 18.1. The van der Waals surface area contributed by atoms with E-state index in [1.54, 1.807) is 37.4 Å². The van der Waals surface area contributed by atoms with Crippen molar-refractivity contribution in [3.63, 3.8) is 0 Å². The van der Waals surface area contributed by atoms with Gasteiger partial charge in [0, 0.05) is 12.1 Å². The van der Waals surface area contributed by atoms with Gasteiger partial charge in [0.2, 0.25) is 5.88 Å². The molecule has 1 N–H and O–H groups in total. The summed E-state index contributed by atoms with van der Waals surface area (Å²) in [6.07, 6.45) is 10.2. The van der Waals surface area contributed by atoms with E-state index in [1.165, 1.54) is 30.9 Å². The Morgan fingerprint density at radius 2 is 1.71 bits per heavy atom. The lowest BCUT2D eigenvalue weighted by Crippen LogP contribution is -2.03. The van der Waals surface area contributed by atoms with Gasteiger partial charge in [-0.1, -0.05) is 49.9 Å². The minimum atomic E-state index is -1.07. The van der Waals surface area contributed by atoms with Gasteiger partial charge in [-0.15, -0.1) is 0 Å². The van der Waals surface area contributed by atoms with Crippen molar-refractivity contribution >= 4 is 12.0 Å². The van der Waals surface area contributed by atoms with Crippen LogP contribution in [0.3, 0.4) is 0 Å². The van der Waals surface area contributed by atoms with Crippen molar-refractivity contribution in [2.45, 2.75) is 51.6 Å². The second kappa shape index (κ2) is 15.7. The van der Waals surface area contributed by atoms with Gasteiger partial charge in [0.15, 0.2) is 0 Å². The second-order valence-corrected chi connectivity index (χ2v) is 8.87. The van der Waals surface area contributed by atoms with Crippen molar-refractivity contribution in [2.75, 3.05) is 13.7 Å². The predicted molar refractivity (Wildman–Crippen MR) is 146 cm³/mol. The number of unbranched alkanes of at least 4 members (excludes halogenated alkanes) is 5. The van der Waals surface area contributed by atoms with Crippen LogP contribution in [0, 0.1) is 11.3 Å². The number of nitrogens with zero attached hydrogens (tertiary/aromatic N) is 2. The molecule has 0 saturated carbocycles. The molecule has 2 aromatic carbocycles. The Balaban J connectivity index is 1.40.